The smallest absolute Gasteiger partial charge is 0.425 e. The van der Waals surface area contributed by atoms with Gasteiger partial charge in [-0.05, 0) is 18.2 Å². The minimum atomic E-state index is -0.741. The molecular formula is C9H10N2O4. The van der Waals surface area contributed by atoms with Gasteiger partial charge >= 0.3 is 6.09 Å². The van der Waals surface area contributed by atoms with Gasteiger partial charge in [-0.1, -0.05) is 0 Å². The van der Waals surface area contributed by atoms with E-state index < -0.39 is 12.0 Å². The number of carbonyl (C=O) groups excluding carboxylic acids is 2. The number of methoxy groups -OCH3 is 1. The van der Waals surface area contributed by atoms with Crippen molar-refractivity contribution in [2.45, 2.75) is 0 Å². The number of rotatable bonds is 2. The van der Waals surface area contributed by atoms with E-state index >= 15 is 0 Å². The Morgan fingerprint density at radius 1 is 1.47 bits per heavy atom. The van der Waals surface area contributed by atoms with Crippen molar-refractivity contribution in [1.82, 2.24) is 10.9 Å². The summed E-state index contributed by atoms with van der Waals surface area (Å²) in [6.45, 7) is 0. The third-order valence-corrected chi connectivity index (χ3v) is 1.42. The fourth-order valence-electron chi connectivity index (χ4n) is 0.749. The lowest BCUT2D eigenvalue weighted by Gasteiger charge is -2.01. The maximum Gasteiger partial charge on any atom is 0.425 e. The molecule has 0 unspecified atom stereocenters. The van der Waals surface area contributed by atoms with Crippen LogP contribution in [-0.2, 0) is 9.53 Å². The first-order valence-electron chi connectivity index (χ1n) is 4.08. The average molecular weight is 210 g/mol. The van der Waals surface area contributed by atoms with Gasteiger partial charge in [-0.3, -0.25) is 10.2 Å². The molecule has 1 rings (SSSR count). The van der Waals surface area contributed by atoms with Gasteiger partial charge in [0.15, 0.2) is 0 Å². The molecule has 15 heavy (non-hydrogen) atoms. The van der Waals surface area contributed by atoms with E-state index in [2.05, 4.69) is 10.2 Å². The van der Waals surface area contributed by atoms with Crippen LogP contribution in [0.1, 0.15) is 5.76 Å². The molecule has 1 aromatic rings. The predicted octanol–water partition coefficient (Wildman–Crippen LogP) is 0.680. The minimum absolute atomic E-state index is 0.489. The molecule has 6 nitrogen and oxygen atoms in total. The molecule has 0 aliphatic heterocycles. The fourth-order valence-corrected chi connectivity index (χ4v) is 0.749. The molecule has 6 heteroatoms. The van der Waals surface area contributed by atoms with Gasteiger partial charge < -0.3 is 9.15 Å². The van der Waals surface area contributed by atoms with Crippen molar-refractivity contribution < 1.29 is 18.7 Å². The van der Waals surface area contributed by atoms with Crippen LogP contribution in [0.5, 0.6) is 0 Å². The summed E-state index contributed by atoms with van der Waals surface area (Å²) in [5.74, 6) is 0.0556. The summed E-state index contributed by atoms with van der Waals surface area (Å²) in [6, 6.07) is 3.39. The molecule has 1 heterocycles. The molecule has 1 aromatic heterocycles. The molecule has 0 radical (unpaired) electrons. The summed E-state index contributed by atoms with van der Waals surface area (Å²) in [7, 11) is 1.19. The van der Waals surface area contributed by atoms with E-state index in [0.29, 0.717) is 5.76 Å². The highest BCUT2D eigenvalue weighted by atomic mass is 16.5. The zero-order valence-corrected chi connectivity index (χ0v) is 8.02. The number of hydrazine groups is 1. The molecule has 0 saturated heterocycles. The second-order valence-corrected chi connectivity index (χ2v) is 2.45. The van der Waals surface area contributed by atoms with E-state index in [-0.39, 0.29) is 0 Å². The van der Waals surface area contributed by atoms with Crippen molar-refractivity contribution in [3.8, 4) is 0 Å². The molecule has 2 amide bonds. The highest BCUT2D eigenvalue weighted by Gasteiger charge is 1.99. The van der Waals surface area contributed by atoms with E-state index in [9.17, 15) is 9.59 Å². The van der Waals surface area contributed by atoms with Gasteiger partial charge in [-0.2, -0.15) is 0 Å². The van der Waals surface area contributed by atoms with Crippen LogP contribution in [0.3, 0.4) is 0 Å². The number of hydrogen-bond donors (Lipinski definition) is 2. The van der Waals surface area contributed by atoms with Crippen LogP contribution in [0.25, 0.3) is 6.08 Å². The van der Waals surface area contributed by atoms with Crippen LogP contribution in [0.2, 0.25) is 0 Å². The second-order valence-electron chi connectivity index (χ2n) is 2.45. The highest BCUT2D eigenvalue weighted by molar-refractivity contribution is 5.92. The molecule has 80 valence electrons. The number of carbonyl (C=O) groups is 2. The summed E-state index contributed by atoms with van der Waals surface area (Å²) < 4.78 is 9.20. The largest absolute Gasteiger partial charge is 0.465 e. The van der Waals surface area contributed by atoms with Crippen molar-refractivity contribution in [1.29, 1.82) is 0 Å². The van der Waals surface area contributed by atoms with E-state index in [1.807, 2.05) is 5.43 Å². The van der Waals surface area contributed by atoms with Gasteiger partial charge in [0.1, 0.15) is 5.76 Å². The van der Waals surface area contributed by atoms with Gasteiger partial charge in [-0.15, -0.1) is 0 Å². The van der Waals surface area contributed by atoms with Crippen molar-refractivity contribution in [2.75, 3.05) is 7.11 Å². The van der Waals surface area contributed by atoms with E-state index in [0.717, 1.165) is 0 Å². The average Bonchev–Trinajstić information content (AvgIpc) is 2.75. The monoisotopic (exact) mass is 210 g/mol. The Morgan fingerprint density at radius 2 is 2.27 bits per heavy atom. The van der Waals surface area contributed by atoms with Crippen molar-refractivity contribution in [2.24, 2.45) is 0 Å². The maximum atomic E-state index is 11.0. The molecule has 0 aliphatic carbocycles. The zero-order valence-electron chi connectivity index (χ0n) is 8.02. The van der Waals surface area contributed by atoms with Crippen LogP contribution >= 0.6 is 0 Å². The first kappa shape index (κ1) is 10.8. The lowest BCUT2D eigenvalue weighted by Crippen LogP contribution is -2.40. The van der Waals surface area contributed by atoms with Gasteiger partial charge in [0.2, 0.25) is 0 Å². The van der Waals surface area contributed by atoms with Crippen LogP contribution in [0, 0.1) is 0 Å². The minimum Gasteiger partial charge on any atom is -0.465 e. The molecule has 0 bridgehead atoms. The van der Waals surface area contributed by atoms with Gasteiger partial charge in [-0.25, -0.2) is 10.2 Å². The Hall–Kier alpha value is -2.24. The molecule has 2 N–H and O–H groups in total. The van der Waals surface area contributed by atoms with Crippen molar-refractivity contribution >= 4 is 18.1 Å². The van der Waals surface area contributed by atoms with Crippen LogP contribution in [-0.4, -0.2) is 19.1 Å². The molecule has 0 saturated carbocycles. The summed E-state index contributed by atoms with van der Waals surface area (Å²) in [4.78, 5) is 21.6. The molecule has 0 spiro atoms. The standard InChI is InChI=1S/C9H10N2O4/c1-14-9(13)11-10-8(12)5-4-7-3-2-6-15-7/h2-6H,1H3,(H,10,12)(H,11,13)/b5-4+. The second kappa shape index (κ2) is 5.48. The molecule has 0 atom stereocenters. The molecular weight excluding hydrogens is 200 g/mol. The summed E-state index contributed by atoms with van der Waals surface area (Å²) >= 11 is 0. The molecule has 0 fully saturated rings. The summed E-state index contributed by atoms with van der Waals surface area (Å²) in [6.07, 6.45) is 3.43. The van der Waals surface area contributed by atoms with Gasteiger partial charge in [0, 0.05) is 6.08 Å². The lowest BCUT2D eigenvalue weighted by molar-refractivity contribution is -0.117. The van der Waals surface area contributed by atoms with E-state index in [4.69, 9.17) is 4.42 Å². The predicted molar refractivity (Wildman–Crippen MR) is 51.4 cm³/mol. The normalized spacial score (nSPS) is 9.93. The Kier molecular flexibility index (Phi) is 3.96. The Bertz CT molecular complexity index is 356. The number of ether oxygens (including phenoxy) is 1. The van der Waals surface area contributed by atoms with Crippen LogP contribution in [0.4, 0.5) is 4.79 Å². The quantitative estimate of drug-likeness (QED) is 0.555. The Labute approximate surface area is 85.9 Å². The van der Waals surface area contributed by atoms with Gasteiger partial charge in [0.05, 0.1) is 13.4 Å². The summed E-state index contributed by atoms with van der Waals surface area (Å²) in [5.41, 5.74) is 4.12. The van der Waals surface area contributed by atoms with Gasteiger partial charge in [0.25, 0.3) is 5.91 Å². The third-order valence-electron chi connectivity index (χ3n) is 1.42. The number of nitrogens with one attached hydrogen (secondary N) is 2. The SMILES string of the molecule is COC(=O)NNC(=O)/C=C/c1ccco1. The third kappa shape index (κ3) is 3.99. The lowest BCUT2D eigenvalue weighted by atomic mass is 10.4. The summed E-state index contributed by atoms with van der Waals surface area (Å²) in [5, 5.41) is 0. The van der Waals surface area contributed by atoms with Crippen LogP contribution < -0.4 is 10.9 Å². The van der Waals surface area contributed by atoms with E-state index in [1.165, 1.54) is 25.5 Å². The first-order valence-corrected chi connectivity index (χ1v) is 4.08. The zero-order chi connectivity index (χ0) is 11.1. The van der Waals surface area contributed by atoms with Crippen LogP contribution in [0.15, 0.2) is 28.9 Å². The Morgan fingerprint density at radius 3 is 2.87 bits per heavy atom. The topological polar surface area (TPSA) is 80.6 Å². The van der Waals surface area contributed by atoms with E-state index in [1.54, 1.807) is 12.1 Å². The Balaban J connectivity index is 2.33. The molecule has 0 aliphatic rings. The van der Waals surface area contributed by atoms with Crippen molar-refractivity contribution in [3.63, 3.8) is 0 Å². The maximum absolute atomic E-state index is 11.0. The van der Waals surface area contributed by atoms with Crippen molar-refractivity contribution in [3.05, 3.63) is 30.2 Å². The highest BCUT2D eigenvalue weighted by Crippen LogP contribution is 2.01. The fraction of sp³-hybridized carbons (Fsp3) is 0.111. The number of amides is 2. The number of hydrogen-bond acceptors (Lipinski definition) is 4. The first-order chi connectivity index (χ1) is 7.22. The molecule has 0 aromatic carbocycles. The number of furan rings is 1.